The molecular weight excluding hydrogens is 196 g/mol. The number of allylic oxidation sites excluding steroid dienone is 1. The molecule has 0 fully saturated rings. The minimum atomic E-state index is -1.52. The standard InChI is InChI=1S/C11H10O4/c1-7-3-2-4-8(5-7)9(12)6-10(13)11(14)15/h2-6,13H,1H3,(H,14,15). The molecule has 0 aliphatic carbocycles. The topological polar surface area (TPSA) is 74.6 Å². The highest BCUT2D eigenvalue weighted by molar-refractivity contribution is 6.07. The van der Waals surface area contributed by atoms with Crippen LogP contribution in [-0.4, -0.2) is 22.0 Å². The molecule has 4 heteroatoms. The second-order valence-electron chi connectivity index (χ2n) is 3.07. The smallest absolute Gasteiger partial charge is 0.371 e. The lowest BCUT2D eigenvalue weighted by atomic mass is 10.1. The van der Waals surface area contributed by atoms with E-state index in [9.17, 15) is 9.59 Å². The number of benzene rings is 1. The average molecular weight is 206 g/mol. The number of aliphatic hydroxyl groups is 1. The molecule has 0 saturated carbocycles. The minimum Gasteiger partial charge on any atom is -0.502 e. The van der Waals surface area contributed by atoms with Crippen molar-refractivity contribution in [2.45, 2.75) is 6.92 Å². The zero-order valence-electron chi connectivity index (χ0n) is 8.10. The van der Waals surface area contributed by atoms with Crippen molar-refractivity contribution in [2.75, 3.05) is 0 Å². The van der Waals surface area contributed by atoms with Gasteiger partial charge in [0.05, 0.1) is 0 Å². The third-order valence-corrected chi connectivity index (χ3v) is 1.79. The van der Waals surface area contributed by atoms with Crippen LogP contribution in [0, 0.1) is 6.92 Å². The SMILES string of the molecule is Cc1cccc(C(=O)C=C(O)C(=O)O)c1. The Bertz CT molecular complexity index is 432. The summed E-state index contributed by atoms with van der Waals surface area (Å²) in [4.78, 5) is 21.7. The molecule has 0 unspecified atom stereocenters. The molecule has 1 aromatic rings. The molecule has 0 saturated heterocycles. The molecule has 0 radical (unpaired) electrons. The van der Waals surface area contributed by atoms with Gasteiger partial charge in [0.15, 0.2) is 5.78 Å². The van der Waals surface area contributed by atoms with Crippen LogP contribution in [0.3, 0.4) is 0 Å². The second-order valence-corrected chi connectivity index (χ2v) is 3.07. The van der Waals surface area contributed by atoms with E-state index in [0.717, 1.165) is 5.56 Å². The number of carbonyl (C=O) groups excluding carboxylic acids is 1. The lowest BCUT2D eigenvalue weighted by Crippen LogP contribution is -2.03. The zero-order valence-corrected chi connectivity index (χ0v) is 8.10. The molecule has 15 heavy (non-hydrogen) atoms. The van der Waals surface area contributed by atoms with Crippen molar-refractivity contribution in [1.82, 2.24) is 0 Å². The highest BCUT2D eigenvalue weighted by atomic mass is 16.4. The van der Waals surface area contributed by atoms with Gasteiger partial charge in [-0.15, -0.1) is 0 Å². The van der Waals surface area contributed by atoms with Crippen molar-refractivity contribution in [1.29, 1.82) is 0 Å². The summed E-state index contributed by atoms with van der Waals surface area (Å²) in [5.41, 5.74) is 1.24. The summed E-state index contributed by atoms with van der Waals surface area (Å²) >= 11 is 0. The average Bonchev–Trinajstić information content (AvgIpc) is 2.17. The predicted molar refractivity (Wildman–Crippen MR) is 53.9 cm³/mol. The zero-order chi connectivity index (χ0) is 11.4. The van der Waals surface area contributed by atoms with Gasteiger partial charge in [0.25, 0.3) is 0 Å². The maximum Gasteiger partial charge on any atom is 0.371 e. The van der Waals surface area contributed by atoms with Crippen molar-refractivity contribution in [3.8, 4) is 0 Å². The van der Waals surface area contributed by atoms with Crippen LogP contribution in [0.2, 0.25) is 0 Å². The van der Waals surface area contributed by atoms with E-state index in [1.54, 1.807) is 18.2 Å². The van der Waals surface area contributed by atoms with E-state index in [1.165, 1.54) is 0 Å². The molecule has 1 aromatic carbocycles. The molecule has 0 atom stereocenters. The van der Waals surface area contributed by atoms with E-state index in [4.69, 9.17) is 10.2 Å². The predicted octanol–water partition coefficient (Wildman–Crippen LogP) is 1.70. The van der Waals surface area contributed by atoms with Crippen LogP contribution in [-0.2, 0) is 4.79 Å². The maximum absolute atomic E-state index is 11.4. The van der Waals surface area contributed by atoms with Crippen LogP contribution in [0.5, 0.6) is 0 Å². The van der Waals surface area contributed by atoms with Gasteiger partial charge in [-0.25, -0.2) is 4.79 Å². The number of hydrogen-bond acceptors (Lipinski definition) is 3. The van der Waals surface area contributed by atoms with Crippen LogP contribution in [0.4, 0.5) is 0 Å². The van der Waals surface area contributed by atoms with E-state index in [0.29, 0.717) is 11.6 Å². The van der Waals surface area contributed by atoms with Crippen LogP contribution in [0.15, 0.2) is 36.1 Å². The van der Waals surface area contributed by atoms with Gasteiger partial charge in [-0.3, -0.25) is 4.79 Å². The van der Waals surface area contributed by atoms with Crippen LogP contribution in [0.25, 0.3) is 0 Å². The fourth-order valence-electron chi connectivity index (χ4n) is 1.07. The molecule has 4 nitrogen and oxygen atoms in total. The van der Waals surface area contributed by atoms with Crippen LogP contribution < -0.4 is 0 Å². The first-order chi connectivity index (χ1) is 7.00. The van der Waals surface area contributed by atoms with Gasteiger partial charge >= 0.3 is 5.97 Å². The number of carboxylic acid groups (broad SMARTS) is 1. The molecule has 0 aliphatic rings. The van der Waals surface area contributed by atoms with Gasteiger partial charge < -0.3 is 10.2 Å². The fraction of sp³-hybridized carbons (Fsp3) is 0.0909. The van der Waals surface area contributed by atoms with E-state index < -0.39 is 17.5 Å². The molecular formula is C11H10O4. The molecule has 0 aromatic heterocycles. The van der Waals surface area contributed by atoms with Crippen LogP contribution in [0.1, 0.15) is 15.9 Å². The normalized spacial score (nSPS) is 11.1. The largest absolute Gasteiger partial charge is 0.502 e. The first-order valence-electron chi connectivity index (χ1n) is 4.25. The Hall–Kier alpha value is -2.10. The Labute approximate surface area is 86.5 Å². The van der Waals surface area contributed by atoms with Crippen molar-refractivity contribution >= 4 is 11.8 Å². The number of carboxylic acids is 1. The lowest BCUT2D eigenvalue weighted by molar-refractivity contribution is -0.135. The third-order valence-electron chi connectivity index (χ3n) is 1.79. The van der Waals surface area contributed by atoms with Crippen molar-refractivity contribution in [3.63, 3.8) is 0 Å². The molecule has 78 valence electrons. The van der Waals surface area contributed by atoms with E-state index >= 15 is 0 Å². The van der Waals surface area contributed by atoms with E-state index in [1.807, 2.05) is 13.0 Å². The van der Waals surface area contributed by atoms with Gasteiger partial charge in [-0.2, -0.15) is 0 Å². The molecule has 0 spiro atoms. The Morgan fingerprint density at radius 1 is 1.27 bits per heavy atom. The first kappa shape index (κ1) is 11.0. The summed E-state index contributed by atoms with van der Waals surface area (Å²) in [6.45, 7) is 1.82. The Morgan fingerprint density at radius 3 is 2.47 bits per heavy atom. The molecule has 0 aliphatic heterocycles. The summed E-state index contributed by atoms with van der Waals surface area (Å²) in [5, 5.41) is 17.2. The van der Waals surface area contributed by atoms with Gasteiger partial charge in [0, 0.05) is 11.6 Å². The summed E-state index contributed by atoms with van der Waals surface area (Å²) in [7, 11) is 0. The number of aliphatic carboxylic acids is 1. The summed E-state index contributed by atoms with van der Waals surface area (Å²) < 4.78 is 0. The first-order valence-corrected chi connectivity index (χ1v) is 4.25. The number of hydrogen-bond donors (Lipinski definition) is 2. The number of aliphatic hydroxyl groups excluding tert-OH is 1. The van der Waals surface area contributed by atoms with Crippen molar-refractivity contribution in [3.05, 3.63) is 47.2 Å². The summed E-state index contributed by atoms with van der Waals surface area (Å²) in [5.74, 6) is -3.00. The number of ketones is 1. The van der Waals surface area contributed by atoms with Gasteiger partial charge in [0.1, 0.15) is 0 Å². The highest BCUT2D eigenvalue weighted by Crippen LogP contribution is 2.06. The monoisotopic (exact) mass is 206 g/mol. The Kier molecular flexibility index (Phi) is 3.23. The fourth-order valence-corrected chi connectivity index (χ4v) is 1.07. The molecule has 0 bridgehead atoms. The molecule has 0 amide bonds. The third kappa shape index (κ3) is 2.95. The molecule has 2 N–H and O–H groups in total. The van der Waals surface area contributed by atoms with Crippen LogP contribution >= 0.6 is 0 Å². The van der Waals surface area contributed by atoms with Crippen molar-refractivity contribution < 1.29 is 19.8 Å². The molecule has 0 heterocycles. The van der Waals surface area contributed by atoms with Gasteiger partial charge in [-0.05, 0) is 13.0 Å². The number of aryl methyl sites for hydroxylation is 1. The summed E-state index contributed by atoms with van der Waals surface area (Å²) in [6, 6.07) is 6.68. The van der Waals surface area contributed by atoms with Gasteiger partial charge in [0.2, 0.25) is 5.76 Å². The van der Waals surface area contributed by atoms with E-state index in [2.05, 4.69) is 0 Å². The van der Waals surface area contributed by atoms with E-state index in [-0.39, 0.29) is 0 Å². The quantitative estimate of drug-likeness (QED) is 0.448. The lowest BCUT2D eigenvalue weighted by Gasteiger charge is -1.97. The maximum atomic E-state index is 11.4. The highest BCUT2D eigenvalue weighted by Gasteiger charge is 2.09. The molecule has 1 rings (SSSR count). The number of carbonyl (C=O) groups is 2. The number of rotatable bonds is 3. The van der Waals surface area contributed by atoms with Gasteiger partial charge in [-0.1, -0.05) is 23.8 Å². The second kappa shape index (κ2) is 4.41. The van der Waals surface area contributed by atoms with Crippen molar-refractivity contribution in [2.24, 2.45) is 0 Å². The minimum absolute atomic E-state index is 0.350. The summed E-state index contributed by atoms with van der Waals surface area (Å²) in [6.07, 6.45) is 0.692. The Balaban J connectivity index is 2.96. The Morgan fingerprint density at radius 2 is 1.93 bits per heavy atom.